The van der Waals surface area contributed by atoms with Crippen molar-refractivity contribution >= 4 is 63.7 Å². The van der Waals surface area contributed by atoms with Crippen molar-refractivity contribution in [1.82, 2.24) is 25.0 Å². The van der Waals surface area contributed by atoms with Crippen molar-refractivity contribution in [3.05, 3.63) is 122 Å². The summed E-state index contributed by atoms with van der Waals surface area (Å²) in [6, 6.07) is 18.4. The number of hydrogen-bond donors (Lipinski definition) is 2. The molecule has 2 aromatic heterocycles. The average molecular weight is 922 g/mol. The standard InChI is InChI=1S/C47H48ClN7O9S/c1-27-28(2)65-47-40(27)42(31-9-11-32(48)12-10-31)50-37(43-53-52-29(3)54(43)47)26-33(56)25-30-7-13-34(14-8-30)64-24-23-63-22-21-62-20-19-61-18-17-49-36-6-4-5-35-41(36)46(60)55(45(35)59)38-15-16-39(57)51-44(38)58/h4-14,37-38,49H,15-26H2,1-3H3,(H,51,57,58)/t37-,38?/m0/s1. The Balaban J connectivity index is 0.716. The van der Waals surface area contributed by atoms with Gasteiger partial charge in [-0.05, 0) is 74.7 Å². The van der Waals surface area contributed by atoms with Crippen molar-refractivity contribution in [3.8, 4) is 10.8 Å². The van der Waals surface area contributed by atoms with E-state index in [1.54, 1.807) is 29.5 Å². The summed E-state index contributed by atoms with van der Waals surface area (Å²) in [7, 11) is 0. The summed E-state index contributed by atoms with van der Waals surface area (Å²) in [4.78, 5) is 71.2. The first kappa shape index (κ1) is 45.5. The minimum atomic E-state index is -1.02. The number of carbonyl (C=O) groups excluding carboxylic acids is 5. The van der Waals surface area contributed by atoms with Crippen molar-refractivity contribution in [1.29, 1.82) is 0 Å². The zero-order valence-corrected chi connectivity index (χ0v) is 37.8. The number of piperidine rings is 1. The van der Waals surface area contributed by atoms with Gasteiger partial charge in [0.05, 0.1) is 56.5 Å². The molecule has 18 heteroatoms. The molecule has 0 aliphatic carbocycles. The maximum atomic E-state index is 13.6. The monoisotopic (exact) mass is 921 g/mol. The lowest BCUT2D eigenvalue weighted by Gasteiger charge is -2.27. The lowest BCUT2D eigenvalue weighted by Crippen LogP contribution is -2.54. The largest absolute Gasteiger partial charge is 0.491 e. The Bertz CT molecular complexity index is 2640. The summed E-state index contributed by atoms with van der Waals surface area (Å²) in [5, 5.41) is 15.9. The lowest BCUT2D eigenvalue weighted by molar-refractivity contribution is -0.136. The van der Waals surface area contributed by atoms with Gasteiger partial charge in [-0.15, -0.1) is 21.5 Å². The van der Waals surface area contributed by atoms with Crippen molar-refractivity contribution in [2.75, 3.05) is 58.1 Å². The molecular weight excluding hydrogens is 874 g/mol. The molecule has 16 nitrogen and oxygen atoms in total. The molecule has 1 fully saturated rings. The van der Waals surface area contributed by atoms with Crippen LogP contribution in [0.2, 0.25) is 5.02 Å². The van der Waals surface area contributed by atoms with E-state index in [2.05, 4.69) is 34.7 Å². The predicted molar refractivity (Wildman–Crippen MR) is 243 cm³/mol. The van der Waals surface area contributed by atoms with E-state index >= 15 is 0 Å². The first-order valence-corrected chi connectivity index (χ1v) is 22.6. The number of rotatable bonds is 20. The predicted octanol–water partition coefficient (Wildman–Crippen LogP) is 5.94. The first-order chi connectivity index (χ1) is 31.5. The Labute approximate surface area is 384 Å². The SMILES string of the molecule is Cc1sc2c(c1C)C(c1ccc(Cl)cc1)=N[C@@H](CC(=O)Cc1ccc(OCCOCCOCCOCCNc3cccc4c3C(=O)N(C3CCC(=O)NC3=O)C4=O)cc1)c1nnc(C)n1-2. The normalized spacial score (nSPS) is 16.7. The number of hydrogen-bond acceptors (Lipinski definition) is 14. The van der Waals surface area contributed by atoms with Crippen molar-refractivity contribution in [2.45, 2.75) is 58.5 Å². The molecule has 0 radical (unpaired) electrons. The molecule has 2 N–H and O–H groups in total. The Morgan fingerprint density at radius 3 is 2.28 bits per heavy atom. The second-order valence-corrected chi connectivity index (χ2v) is 17.4. The summed E-state index contributed by atoms with van der Waals surface area (Å²) in [6.07, 6.45) is 0.543. The molecule has 8 rings (SSSR count). The number of nitrogens with one attached hydrogen (secondary N) is 2. The van der Waals surface area contributed by atoms with Gasteiger partial charge >= 0.3 is 0 Å². The highest BCUT2D eigenvalue weighted by atomic mass is 35.5. The molecule has 3 aliphatic rings. The summed E-state index contributed by atoms with van der Waals surface area (Å²) in [6.45, 7) is 8.97. The molecule has 0 bridgehead atoms. The molecule has 65 heavy (non-hydrogen) atoms. The number of anilines is 1. The first-order valence-electron chi connectivity index (χ1n) is 21.4. The molecule has 1 unspecified atom stereocenters. The molecule has 5 heterocycles. The third-order valence-corrected chi connectivity index (χ3v) is 12.8. The number of imide groups is 2. The van der Waals surface area contributed by atoms with Crippen LogP contribution in [0.3, 0.4) is 0 Å². The van der Waals surface area contributed by atoms with Crippen LogP contribution in [0, 0.1) is 20.8 Å². The van der Waals surface area contributed by atoms with Gasteiger partial charge < -0.3 is 24.3 Å². The van der Waals surface area contributed by atoms with E-state index in [-0.39, 0.29) is 42.6 Å². The number of halogens is 1. The van der Waals surface area contributed by atoms with Crippen LogP contribution in [0.1, 0.15) is 84.8 Å². The van der Waals surface area contributed by atoms with Gasteiger partial charge in [-0.3, -0.25) is 43.7 Å². The van der Waals surface area contributed by atoms with Crippen LogP contribution in [-0.2, 0) is 35.0 Å². The number of aliphatic imine (C=N–C) groups is 1. The maximum Gasteiger partial charge on any atom is 0.264 e. The molecule has 3 aliphatic heterocycles. The van der Waals surface area contributed by atoms with Gasteiger partial charge in [0.15, 0.2) is 5.82 Å². The van der Waals surface area contributed by atoms with E-state index in [9.17, 15) is 24.0 Å². The van der Waals surface area contributed by atoms with Crippen LogP contribution in [-0.4, -0.2) is 114 Å². The highest BCUT2D eigenvalue weighted by Crippen LogP contribution is 2.40. The second kappa shape index (κ2) is 20.4. The third-order valence-electron chi connectivity index (χ3n) is 11.4. The number of ketones is 1. The molecule has 338 valence electrons. The van der Waals surface area contributed by atoms with Gasteiger partial charge in [-0.1, -0.05) is 41.9 Å². The molecule has 0 spiro atoms. The number of benzene rings is 3. The lowest BCUT2D eigenvalue weighted by atomic mass is 9.99. The molecule has 5 aromatic rings. The van der Waals surface area contributed by atoms with Crippen LogP contribution >= 0.6 is 22.9 Å². The van der Waals surface area contributed by atoms with Gasteiger partial charge in [0, 0.05) is 52.5 Å². The van der Waals surface area contributed by atoms with Crippen LogP contribution in [0.4, 0.5) is 5.69 Å². The zero-order chi connectivity index (χ0) is 45.6. The topological polar surface area (TPSA) is 193 Å². The van der Waals surface area contributed by atoms with Gasteiger partial charge in [0.25, 0.3) is 11.8 Å². The van der Waals surface area contributed by atoms with Crippen molar-refractivity contribution in [3.63, 3.8) is 0 Å². The minimum Gasteiger partial charge on any atom is -0.491 e. The van der Waals surface area contributed by atoms with Crippen LogP contribution in [0.5, 0.6) is 5.75 Å². The summed E-state index contributed by atoms with van der Waals surface area (Å²) < 4.78 is 24.8. The third kappa shape index (κ3) is 10.1. The Kier molecular flexibility index (Phi) is 14.3. The number of amides is 4. The quantitative estimate of drug-likeness (QED) is 0.0691. The highest BCUT2D eigenvalue weighted by Gasteiger charge is 2.45. The number of Topliss-reactive ketones (excluding diaryl/α,β-unsaturated/α-hetero) is 1. The fraction of sp³-hybridized carbons (Fsp3) is 0.362. The van der Waals surface area contributed by atoms with E-state index in [0.29, 0.717) is 75.1 Å². The zero-order valence-electron chi connectivity index (χ0n) is 36.2. The molecule has 4 amide bonds. The van der Waals surface area contributed by atoms with Crippen LogP contribution in [0.15, 0.2) is 71.7 Å². The number of carbonyl (C=O) groups is 5. The second-order valence-electron chi connectivity index (χ2n) is 15.8. The van der Waals surface area contributed by atoms with E-state index in [4.69, 9.17) is 35.5 Å². The summed E-state index contributed by atoms with van der Waals surface area (Å²) in [5.74, 6) is -0.118. The fourth-order valence-electron chi connectivity index (χ4n) is 8.03. The van der Waals surface area contributed by atoms with Crippen molar-refractivity contribution in [2.24, 2.45) is 4.99 Å². The van der Waals surface area contributed by atoms with E-state index < -0.39 is 35.7 Å². The number of aromatic nitrogens is 3. The van der Waals surface area contributed by atoms with Gasteiger partial charge in [0.1, 0.15) is 41.0 Å². The molecule has 2 atom stereocenters. The summed E-state index contributed by atoms with van der Waals surface area (Å²) >= 11 is 7.92. The number of thiophene rings is 1. The molecule has 1 saturated heterocycles. The van der Waals surface area contributed by atoms with Gasteiger partial charge in [0.2, 0.25) is 11.8 Å². The number of fused-ring (bicyclic) bond motifs is 4. The van der Waals surface area contributed by atoms with E-state index in [0.717, 1.165) is 43.7 Å². The minimum absolute atomic E-state index is 0.0273. The maximum absolute atomic E-state index is 13.6. The van der Waals surface area contributed by atoms with Gasteiger partial charge in [-0.2, -0.15) is 0 Å². The highest BCUT2D eigenvalue weighted by molar-refractivity contribution is 7.15. The summed E-state index contributed by atoms with van der Waals surface area (Å²) in [5.41, 5.74) is 5.63. The van der Waals surface area contributed by atoms with Gasteiger partial charge in [-0.25, -0.2) is 0 Å². The van der Waals surface area contributed by atoms with E-state index in [1.165, 1.54) is 4.88 Å². The average Bonchev–Trinajstić information content (AvgIpc) is 3.87. The fourth-order valence-corrected chi connectivity index (χ4v) is 9.37. The molecular formula is C47H48ClN7O9S. The Morgan fingerprint density at radius 1 is 0.846 bits per heavy atom. The Hall–Kier alpha value is -6.11. The number of ether oxygens (including phenoxy) is 4. The van der Waals surface area contributed by atoms with E-state index in [1.807, 2.05) is 60.0 Å². The van der Waals surface area contributed by atoms with Crippen LogP contribution < -0.4 is 15.4 Å². The smallest absolute Gasteiger partial charge is 0.264 e. The van der Waals surface area contributed by atoms with Crippen molar-refractivity contribution < 1.29 is 42.9 Å². The van der Waals surface area contributed by atoms with Crippen LogP contribution in [0.25, 0.3) is 5.00 Å². The molecule has 0 saturated carbocycles. The number of aryl methyl sites for hydroxylation is 2. The molecule has 3 aromatic carbocycles. The number of nitrogens with zero attached hydrogens (tertiary/aromatic N) is 5. The Morgan fingerprint density at radius 2 is 1.55 bits per heavy atom.